The third-order valence-corrected chi connectivity index (χ3v) is 4.00. The van der Waals surface area contributed by atoms with Crippen molar-refractivity contribution in [2.45, 2.75) is 20.8 Å². The van der Waals surface area contributed by atoms with E-state index in [0.717, 1.165) is 16.8 Å². The van der Waals surface area contributed by atoms with Crippen LogP contribution in [0.4, 0.5) is 11.5 Å². The molecule has 0 radical (unpaired) electrons. The predicted octanol–water partition coefficient (Wildman–Crippen LogP) is 4.10. The van der Waals surface area contributed by atoms with E-state index in [9.17, 15) is 9.59 Å². The molecule has 0 saturated heterocycles. The van der Waals surface area contributed by atoms with E-state index in [0.29, 0.717) is 22.7 Å². The fourth-order valence-electron chi connectivity index (χ4n) is 2.58. The molecule has 1 aromatic heterocycles. The molecule has 2 amide bonds. The van der Waals surface area contributed by atoms with Crippen LogP contribution in [0.1, 0.15) is 37.6 Å². The van der Waals surface area contributed by atoms with Crippen molar-refractivity contribution in [2.24, 2.45) is 0 Å². The summed E-state index contributed by atoms with van der Waals surface area (Å²) < 4.78 is 4.91. The number of rotatable bonds is 4. The molecule has 3 aromatic rings. The Morgan fingerprint density at radius 3 is 1.88 bits per heavy atom. The first-order chi connectivity index (χ1) is 12.4. The fraction of sp³-hybridized carbons (Fsp3) is 0.150. The van der Waals surface area contributed by atoms with Crippen LogP contribution >= 0.6 is 0 Å². The number of hydrogen-bond acceptors (Lipinski definition) is 4. The van der Waals surface area contributed by atoms with Gasteiger partial charge >= 0.3 is 0 Å². The number of nitrogens with zero attached hydrogens (tertiary/aromatic N) is 1. The molecule has 2 aromatic carbocycles. The summed E-state index contributed by atoms with van der Waals surface area (Å²) in [6, 6.07) is 13.9. The fourth-order valence-corrected chi connectivity index (χ4v) is 2.58. The van der Waals surface area contributed by atoms with Gasteiger partial charge in [-0.05, 0) is 56.2 Å². The lowest BCUT2D eigenvalue weighted by Gasteiger charge is -2.11. The van der Waals surface area contributed by atoms with Crippen LogP contribution in [0.25, 0.3) is 0 Å². The number of aryl methyl sites for hydroxylation is 3. The molecular formula is C20H19N3O3. The molecule has 26 heavy (non-hydrogen) atoms. The Balaban J connectivity index is 1.70. The number of aromatic nitrogens is 1. The van der Waals surface area contributed by atoms with Crippen molar-refractivity contribution in [1.82, 2.24) is 5.16 Å². The van der Waals surface area contributed by atoms with Gasteiger partial charge in [0.1, 0.15) is 5.76 Å². The van der Waals surface area contributed by atoms with Crippen molar-refractivity contribution >= 4 is 23.3 Å². The van der Waals surface area contributed by atoms with E-state index >= 15 is 0 Å². The molecule has 0 saturated carbocycles. The summed E-state index contributed by atoms with van der Waals surface area (Å²) in [5.41, 5.74) is 3.70. The van der Waals surface area contributed by atoms with Crippen LogP contribution in [0.3, 0.4) is 0 Å². The topological polar surface area (TPSA) is 84.2 Å². The van der Waals surface area contributed by atoms with E-state index in [1.807, 2.05) is 32.0 Å². The van der Waals surface area contributed by atoms with Gasteiger partial charge < -0.3 is 15.2 Å². The quantitative estimate of drug-likeness (QED) is 0.742. The van der Waals surface area contributed by atoms with E-state index in [1.54, 1.807) is 37.3 Å². The highest BCUT2D eigenvalue weighted by Gasteiger charge is 2.12. The minimum Gasteiger partial charge on any atom is -0.360 e. The van der Waals surface area contributed by atoms with Gasteiger partial charge in [-0.15, -0.1) is 0 Å². The SMILES string of the molecule is Cc1cc(NC(=O)c2ccc(C(=O)Nc3c(C)cccc3C)cc2)no1. The molecule has 0 fully saturated rings. The Kier molecular flexibility index (Phi) is 4.84. The van der Waals surface area contributed by atoms with Gasteiger partial charge in [0.25, 0.3) is 11.8 Å². The average Bonchev–Trinajstić information content (AvgIpc) is 3.03. The molecule has 2 N–H and O–H groups in total. The number of hydrogen-bond donors (Lipinski definition) is 2. The first-order valence-corrected chi connectivity index (χ1v) is 8.16. The third kappa shape index (κ3) is 3.80. The molecule has 0 spiro atoms. The van der Waals surface area contributed by atoms with Crippen molar-refractivity contribution in [3.05, 3.63) is 76.5 Å². The molecule has 132 valence electrons. The minimum absolute atomic E-state index is 0.221. The molecule has 6 nitrogen and oxygen atoms in total. The standard InChI is InChI=1S/C20H19N3O3/c1-12-5-4-6-13(2)18(12)22-20(25)16-9-7-15(8-10-16)19(24)21-17-11-14(3)26-23-17/h4-11H,1-3H3,(H,22,25)(H,21,23,24). The second-order valence-corrected chi connectivity index (χ2v) is 6.08. The number of carbonyl (C=O) groups excluding carboxylic acids is 2. The molecule has 0 bridgehead atoms. The summed E-state index contributed by atoms with van der Waals surface area (Å²) in [5, 5.41) is 9.28. The Hall–Kier alpha value is -3.41. The summed E-state index contributed by atoms with van der Waals surface area (Å²) in [5.74, 6) is 0.421. The lowest BCUT2D eigenvalue weighted by atomic mass is 10.1. The zero-order valence-corrected chi connectivity index (χ0v) is 14.8. The van der Waals surface area contributed by atoms with Crippen LogP contribution in [0, 0.1) is 20.8 Å². The Morgan fingerprint density at radius 2 is 1.38 bits per heavy atom. The first-order valence-electron chi connectivity index (χ1n) is 8.16. The highest BCUT2D eigenvalue weighted by Crippen LogP contribution is 2.20. The van der Waals surface area contributed by atoms with Crippen molar-refractivity contribution < 1.29 is 14.1 Å². The zero-order valence-electron chi connectivity index (χ0n) is 14.8. The molecular weight excluding hydrogens is 330 g/mol. The zero-order chi connectivity index (χ0) is 18.7. The summed E-state index contributed by atoms with van der Waals surface area (Å²) >= 11 is 0. The van der Waals surface area contributed by atoms with Crippen LogP contribution in [0.15, 0.2) is 53.1 Å². The van der Waals surface area contributed by atoms with Crippen LogP contribution in [-0.4, -0.2) is 17.0 Å². The molecule has 1 heterocycles. The van der Waals surface area contributed by atoms with E-state index in [2.05, 4.69) is 15.8 Å². The maximum Gasteiger partial charge on any atom is 0.256 e. The van der Waals surface area contributed by atoms with Crippen molar-refractivity contribution in [2.75, 3.05) is 10.6 Å². The number of para-hydroxylation sites is 1. The number of amides is 2. The highest BCUT2D eigenvalue weighted by atomic mass is 16.5. The minimum atomic E-state index is -0.319. The summed E-state index contributed by atoms with van der Waals surface area (Å²) in [4.78, 5) is 24.7. The lowest BCUT2D eigenvalue weighted by molar-refractivity contribution is 0.101. The van der Waals surface area contributed by atoms with Crippen molar-refractivity contribution in [3.63, 3.8) is 0 Å². The summed E-state index contributed by atoms with van der Waals surface area (Å²) in [6.07, 6.45) is 0. The lowest BCUT2D eigenvalue weighted by Crippen LogP contribution is -2.15. The Bertz CT molecular complexity index is 938. The molecule has 6 heteroatoms. The summed E-state index contributed by atoms with van der Waals surface area (Å²) in [7, 11) is 0. The van der Waals surface area contributed by atoms with E-state index < -0.39 is 0 Å². The van der Waals surface area contributed by atoms with Crippen molar-refractivity contribution in [3.8, 4) is 0 Å². The van der Waals surface area contributed by atoms with Gasteiger partial charge in [-0.25, -0.2) is 0 Å². The highest BCUT2D eigenvalue weighted by molar-refractivity contribution is 6.07. The van der Waals surface area contributed by atoms with Gasteiger partial charge in [-0.2, -0.15) is 0 Å². The third-order valence-electron chi connectivity index (χ3n) is 4.00. The van der Waals surface area contributed by atoms with E-state index in [-0.39, 0.29) is 11.8 Å². The van der Waals surface area contributed by atoms with Gasteiger partial charge in [-0.1, -0.05) is 23.4 Å². The second kappa shape index (κ2) is 7.23. The number of nitrogens with one attached hydrogen (secondary N) is 2. The molecule has 0 atom stereocenters. The Morgan fingerprint density at radius 1 is 0.846 bits per heavy atom. The monoisotopic (exact) mass is 349 g/mol. The van der Waals surface area contributed by atoms with Gasteiger partial charge in [0.05, 0.1) is 0 Å². The van der Waals surface area contributed by atoms with Crippen LogP contribution < -0.4 is 10.6 Å². The average molecular weight is 349 g/mol. The second-order valence-electron chi connectivity index (χ2n) is 6.08. The summed E-state index contributed by atoms with van der Waals surface area (Å²) in [6.45, 7) is 5.63. The molecule has 0 aliphatic rings. The Labute approximate surface area is 151 Å². The van der Waals surface area contributed by atoms with Gasteiger partial charge in [0.15, 0.2) is 5.82 Å². The van der Waals surface area contributed by atoms with Gasteiger partial charge in [0, 0.05) is 22.9 Å². The normalized spacial score (nSPS) is 10.4. The van der Waals surface area contributed by atoms with Crippen LogP contribution in [0.5, 0.6) is 0 Å². The largest absolute Gasteiger partial charge is 0.360 e. The maximum atomic E-state index is 12.5. The van der Waals surface area contributed by atoms with E-state index in [1.165, 1.54) is 0 Å². The predicted molar refractivity (Wildman–Crippen MR) is 99.5 cm³/mol. The number of carbonyl (C=O) groups is 2. The smallest absolute Gasteiger partial charge is 0.256 e. The molecule has 0 aliphatic carbocycles. The first kappa shape index (κ1) is 17.4. The molecule has 0 unspecified atom stereocenters. The van der Waals surface area contributed by atoms with Crippen LogP contribution in [0.2, 0.25) is 0 Å². The van der Waals surface area contributed by atoms with Gasteiger partial charge in [0.2, 0.25) is 0 Å². The maximum absolute atomic E-state index is 12.5. The molecule has 3 rings (SSSR count). The van der Waals surface area contributed by atoms with Crippen LogP contribution in [-0.2, 0) is 0 Å². The van der Waals surface area contributed by atoms with Gasteiger partial charge in [-0.3, -0.25) is 9.59 Å². The van der Waals surface area contributed by atoms with Crippen molar-refractivity contribution in [1.29, 1.82) is 0 Å². The van der Waals surface area contributed by atoms with E-state index in [4.69, 9.17) is 4.52 Å². The number of benzene rings is 2. The molecule has 0 aliphatic heterocycles. The number of anilines is 2.